The van der Waals surface area contributed by atoms with Crippen LogP contribution in [0.5, 0.6) is 5.75 Å². The maximum atomic E-state index is 15.3. The van der Waals surface area contributed by atoms with E-state index in [2.05, 4.69) is 56.3 Å². The van der Waals surface area contributed by atoms with Crippen LogP contribution in [0.25, 0.3) is 22.3 Å². The average Bonchev–Trinajstić information content (AvgIpc) is 2.88. The van der Waals surface area contributed by atoms with Crippen molar-refractivity contribution in [2.24, 2.45) is 0 Å². The minimum Gasteiger partial charge on any atom is -0.494 e. The normalized spacial score (nSPS) is 14.9. The van der Waals surface area contributed by atoms with Gasteiger partial charge in [-0.05, 0) is 71.2 Å². The molecule has 0 aromatic heterocycles. The summed E-state index contributed by atoms with van der Waals surface area (Å²) in [5.74, 6) is 1.25. The number of halogens is 1. The van der Waals surface area contributed by atoms with Gasteiger partial charge in [0.25, 0.3) is 0 Å². The highest BCUT2D eigenvalue weighted by molar-refractivity contribution is 6.59. The van der Waals surface area contributed by atoms with Crippen molar-refractivity contribution in [1.29, 1.82) is 0 Å². The highest BCUT2D eigenvalue weighted by Crippen LogP contribution is 2.39. The number of hydrogen-bond acceptors (Lipinski definition) is 1. The molecule has 1 aliphatic rings. The van der Waals surface area contributed by atoms with Crippen molar-refractivity contribution in [3.05, 3.63) is 78.1 Å². The molecule has 4 rings (SSSR count). The maximum Gasteiger partial charge on any atom is 0.127 e. The Hall–Kier alpha value is -2.39. The minimum atomic E-state index is -0.180. The first kappa shape index (κ1) is 24.7. The Balaban J connectivity index is 1.50. The number of hydrogen-bond donors (Lipinski definition) is 0. The molecule has 0 amide bonds. The second-order valence-corrected chi connectivity index (χ2v) is 12.6. The Morgan fingerprint density at radius 1 is 0.824 bits per heavy atom. The zero-order valence-corrected chi connectivity index (χ0v) is 21.8. The largest absolute Gasteiger partial charge is 0.494 e. The molecule has 0 aliphatic carbocycles. The van der Waals surface area contributed by atoms with E-state index < -0.39 is 0 Å². The van der Waals surface area contributed by atoms with Gasteiger partial charge in [-0.1, -0.05) is 99.8 Å². The van der Waals surface area contributed by atoms with Gasteiger partial charge >= 0.3 is 0 Å². The summed E-state index contributed by atoms with van der Waals surface area (Å²) in [6.45, 7) is 5.25. The molecule has 0 bridgehead atoms. The Bertz CT molecular complexity index is 1040. The molecule has 0 saturated carbocycles. The number of ether oxygens (including phenoxy) is 1. The molecule has 1 nitrogen and oxygen atoms in total. The predicted molar refractivity (Wildman–Crippen MR) is 145 cm³/mol. The predicted octanol–water partition coefficient (Wildman–Crippen LogP) is 9.51. The van der Waals surface area contributed by atoms with Crippen molar-refractivity contribution in [2.45, 2.75) is 76.4 Å². The lowest BCUT2D eigenvalue weighted by Crippen LogP contribution is -2.20. The van der Waals surface area contributed by atoms with Gasteiger partial charge in [0, 0.05) is 8.80 Å². The van der Waals surface area contributed by atoms with Gasteiger partial charge in [0.15, 0.2) is 0 Å². The SMILES string of the molecule is CCCCCOc1ccc(-c2ccccc2-c2ccc(C3CC[Si](CCC)CC3)c(F)c2)cc1. The van der Waals surface area contributed by atoms with Gasteiger partial charge in [-0.2, -0.15) is 0 Å². The van der Waals surface area contributed by atoms with Crippen molar-refractivity contribution in [1.82, 2.24) is 0 Å². The van der Waals surface area contributed by atoms with E-state index in [4.69, 9.17) is 4.74 Å². The van der Waals surface area contributed by atoms with E-state index in [1.54, 1.807) is 6.07 Å². The molecule has 179 valence electrons. The van der Waals surface area contributed by atoms with Crippen LogP contribution in [0.1, 0.15) is 63.9 Å². The summed E-state index contributed by atoms with van der Waals surface area (Å²) in [4.78, 5) is 0. The van der Waals surface area contributed by atoms with Crippen molar-refractivity contribution < 1.29 is 9.13 Å². The highest BCUT2D eigenvalue weighted by atomic mass is 28.3. The van der Waals surface area contributed by atoms with Crippen molar-refractivity contribution in [3.8, 4) is 28.0 Å². The molecule has 1 heterocycles. The van der Waals surface area contributed by atoms with E-state index in [1.165, 1.54) is 37.4 Å². The summed E-state index contributed by atoms with van der Waals surface area (Å²) in [5, 5.41) is 0. The van der Waals surface area contributed by atoms with Gasteiger partial charge in [-0.3, -0.25) is 0 Å². The van der Waals surface area contributed by atoms with Gasteiger partial charge in [0.1, 0.15) is 11.6 Å². The Morgan fingerprint density at radius 2 is 1.50 bits per heavy atom. The summed E-state index contributed by atoms with van der Waals surface area (Å²) in [6.07, 6.45) is 7.10. The van der Waals surface area contributed by atoms with Crippen LogP contribution in [0.2, 0.25) is 18.1 Å². The first-order valence-corrected chi connectivity index (χ1v) is 15.3. The van der Waals surface area contributed by atoms with E-state index in [0.29, 0.717) is 5.92 Å². The second kappa shape index (κ2) is 12.4. The molecular formula is C31H38FOSi. The molecule has 0 atom stereocenters. The van der Waals surface area contributed by atoms with E-state index in [1.807, 2.05) is 18.2 Å². The lowest BCUT2D eigenvalue weighted by molar-refractivity contribution is 0.306. The topological polar surface area (TPSA) is 9.23 Å². The van der Waals surface area contributed by atoms with Gasteiger partial charge in [0.05, 0.1) is 6.61 Å². The van der Waals surface area contributed by atoms with Crippen LogP contribution in [0.4, 0.5) is 4.39 Å². The maximum absolute atomic E-state index is 15.3. The highest BCUT2D eigenvalue weighted by Gasteiger charge is 2.25. The van der Waals surface area contributed by atoms with Crippen molar-refractivity contribution in [3.63, 3.8) is 0 Å². The fourth-order valence-corrected chi connectivity index (χ4v) is 8.20. The zero-order valence-electron chi connectivity index (χ0n) is 20.8. The first-order chi connectivity index (χ1) is 16.7. The molecule has 1 radical (unpaired) electrons. The van der Waals surface area contributed by atoms with E-state index in [9.17, 15) is 0 Å². The van der Waals surface area contributed by atoms with Crippen LogP contribution < -0.4 is 4.74 Å². The molecule has 3 heteroatoms. The van der Waals surface area contributed by atoms with Crippen LogP contribution >= 0.6 is 0 Å². The smallest absolute Gasteiger partial charge is 0.127 e. The molecule has 1 aliphatic heterocycles. The van der Waals surface area contributed by atoms with Crippen molar-refractivity contribution in [2.75, 3.05) is 6.61 Å². The zero-order chi connectivity index (χ0) is 23.8. The summed E-state index contributed by atoms with van der Waals surface area (Å²) in [7, 11) is -0.180. The van der Waals surface area contributed by atoms with Crippen LogP contribution in [-0.2, 0) is 0 Å². The molecule has 0 N–H and O–H groups in total. The summed E-state index contributed by atoms with van der Waals surface area (Å²) in [5.41, 5.74) is 5.18. The standard InChI is InChI=1S/C31H38FOSi/c1-3-5-8-19-33-27-14-11-24(12-15-27)28-9-6-7-10-29(28)26-13-16-30(31(32)23-26)25-17-21-34(20-4-2)22-18-25/h6-7,9-16,23,25H,3-5,8,17-22H2,1-2H3. The number of unbranched alkanes of at least 4 members (excludes halogenated alkanes) is 2. The van der Waals surface area contributed by atoms with E-state index in [-0.39, 0.29) is 14.6 Å². The third kappa shape index (κ3) is 6.18. The van der Waals surface area contributed by atoms with Crippen molar-refractivity contribution >= 4 is 8.80 Å². The molecule has 3 aromatic carbocycles. The quantitative estimate of drug-likeness (QED) is 0.210. The first-order valence-electron chi connectivity index (χ1n) is 13.1. The van der Waals surface area contributed by atoms with Gasteiger partial charge in [0.2, 0.25) is 0 Å². The molecule has 3 aromatic rings. The molecule has 34 heavy (non-hydrogen) atoms. The van der Waals surface area contributed by atoms with Crippen LogP contribution in [0.3, 0.4) is 0 Å². The molecule has 1 saturated heterocycles. The lowest BCUT2D eigenvalue weighted by atomic mass is 9.89. The van der Waals surface area contributed by atoms with Crippen LogP contribution in [-0.4, -0.2) is 15.4 Å². The van der Waals surface area contributed by atoms with Crippen LogP contribution in [0.15, 0.2) is 66.7 Å². The van der Waals surface area contributed by atoms with Gasteiger partial charge in [-0.15, -0.1) is 0 Å². The van der Waals surface area contributed by atoms with Gasteiger partial charge < -0.3 is 4.74 Å². The fourth-order valence-electron chi connectivity index (χ4n) is 5.23. The second-order valence-electron chi connectivity index (χ2n) is 9.64. The average molecular weight is 474 g/mol. The summed E-state index contributed by atoms with van der Waals surface area (Å²) >= 11 is 0. The molecule has 0 spiro atoms. The molecule has 0 unspecified atom stereocenters. The van der Waals surface area contributed by atoms with E-state index in [0.717, 1.165) is 59.4 Å². The Kier molecular flexibility index (Phi) is 8.98. The lowest BCUT2D eigenvalue weighted by Gasteiger charge is -2.28. The molecule has 1 fully saturated rings. The molecular weight excluding hydrogens is 435 g/mol. The minimum absolute atomic E-state index is 0.0423. The number of rotatable bonds is 10. The van der Waals surface area contributed by atoms with E-state index >= 15 is 4.39 Å². The number of benzene rings is 3. The third-order valence-electron chi connectivity index (χ3n) is 7.16. The van der Waals surface area contributed by atoms with Gasteiger partial charge in [-0.25, -0.2) is 4.39 Å². The Morgan fingerprint density at radius 3 is 2.15 bits per heavy atom. The fraction of sp³-hybridized carbons (Fsp3) is 0.419. The summed E-state index contributed by atoms with van der Waals surface area (Å²) in [6, 6.07) is 26.6. The monoisotopic (exact) mass is 473 g/mol. The summed E-state index contributed by atoms with van der Waals surface area (Å²) < 4.78 is 21.2. The van der Waals surface area contributed by atoms with Crippen LogP contribution in [0, 0.1) is 5.82 Å². The third-order valence-corrected chi connectivity index (χ3v) is 10.4. The Labute approximate surface area is 207 Å².